The number of nitrogens with one attached hydrogen (secondary N) is 1. The van der Waals surface area contributed by atoms with E-state index in [1.165, 1.54) is 21.1 Å². The Morgan fingerprint density at radius 1 is 1.15 bits per heavy atom. The van der Waals surface area contributed by atoms with Crippen molar-refractivity contribution >= 4 is 5.65 Å². The van der Waals surface area contributed by atoms with Crippen molar-refractivity contribution in [3.05, 3.63) is 88.6 Å². The molecule has 0 bridgehead atoms. The predicted octanol–water partition coefficient (Wildman–Crippen LogP) is 2.33. The minimum Gasteiger partial charge on any atom is -0.487 e. The van der Waals surface area contributed by atoms with Crippen molar-refractivity contribution in [2.24, 2.45) is 0 Å². The standard InChI is InChI=1S/C19H15FN4O2/c1-13-16(20)7-8-17(21-13)23-10-9-18-22-14(11-24(18)19(23)25)12-26-15-5-3-2-4-6-15/h2-11H,12H2,1H3/p+1. The first kappa shape index (κ1) is 16.0. The van der Waals surface area contributed by atoms with Crippen LogP contribution in [0.3, 0.4) is 0 Å². The van der Waals surface area contributed by atoms with Crippen LogP contribution in [0.1, 0.15) is 11.4 Å². The first-order chi connectivity index (χ1) is 12.6. The topological polar surface area (TPSA) is 62.7 Å². The van der Waals surface area contributed by atoms with E-state index < -0.39 is 0 Å². The van der Waals surface area contributed by atoms with Gasteiger partial charge in [-0.1, -0.05) is 18.2 Å². The van der Waals surface area contributed by atoms with Gasteiger partial charge in [0.25, 0.3) is 5.82 Å². The van der Waals surface area contributed by atoms with Crippen molar-refractivity contribution < 1.29 is 14.1 Å². The lowest BCUT2D eigenvalue weighted by atomic mass is 10.3. The lowest BCUT2D eigenvalue weighted by Gasteiger charge is -2.02. The summed E-state index contributed by atoms with van der Waals surface area (Å²) >= 11 is 0. The van der Waals surface area contributed by atoms with Crippen molar-refractivity contribution in [3.8, 4) is 11.6 Å². The van der Waals surface area contributed by atoms with Crippen LogP contribution in [0.25, 0.3) is 11.5 Å². The molecule has 0 aliphatic heterocycles. The van der Waals surface area contributed by atoms with Gasteiger partial charge in [-0.15, -0.1) is 4.57 Å². The Morgan fingerprint density at radius 2 is 1.96 bits per heavy atom. The summed E-state index contributed by atoms with van der Waals surface area (Å²) in [6.07, 6.45) is 3.25. The van der Waals surface area contributed by atoms with E-state index in [0.29, 0.717) is 22.9 Å². The van der Waals surface area contributed by atoms with Crippen LogP contribution < -0.4 is 15.4 Å². The number of rotatable bonds is 4. The number of halogens is 1. The minimum atomic E-state index is -0.356. The fourth-order valence-electron chi connectivity index (χ4n) is 2.67. The Kier molecular flexibility index (Phi) is 3.96. The maximum atomic E-state index is 13.4. The zero-order valence-corrected chi connectivity index (χ0v) is 14.0. The molecule has 4 aromatic rings. The monoisotopic (exact) mass is 351 g/mol. The van der Waals surface area contributed by atoms with E-state index in [1.807, 2.05) is 30.3 Å². The molecule has 4 rings (SSSR count). The second-order valence-electron chi connectivity index (χ2n) is 5.85. The van der Waals surface area contributed by atoms with E-state index in [0.717, 1.165) is 5.75 Å². The summed E-state index contributed by atoms with van der Waals surface area (Å²) in [7, 11) is 0. The number of aryl methyl sites for hydroxylation is 1. The zero-order chi connectivity index (χ0) is 18.1. The van der Waals surface area contributed by atoms with Gasteiger partial charge in [-0.2, -0.15) is 0 Å². The van der Waals surface area contributed by atoms with Gasteiger partial charge in [-0.3, -0.25) is 0 Å². The van der Waals surface area contributed by atoms with Crippen molar-refractivity contribution in [3.63, 3.8) is 0 Å². The van der Waals surface area contributed by atoms with Crippen LogP contribution >= 0.6 is 0 Å². The molecule has 130 valence electrons. The molecule has 0 spiro atoms. The highest BCUT2D eigenvalue weighted by Gasteiger charge is 2.15. The quantitative estimate of drug-likeness (QED) is 0.567. The third-order valence-corrected chi connectivity index (χ3v) is 4.02. The van der Waals surface area contributed by atoms with Gasteiger partial charge in [0.15, 0.2) is 5.82 Å². The molecular weight excluding hydrogens is 335 g/mol. The number of para-hydroxylation sites is 1. The zero-order valence-electron chi connectivity index (χ0n) is 14.0. The molecule has 1 aromatic carbocycles. The van der Waals surface area contributed by atoms with Gasteiger partial charge in [0.2, 0.25) is 0 Å². The van der Waals surface area contributed by atoms with Gasteiger partial charge in [0.05, 0.1) is 5.69 Å². The van der Waals surface area contributed by atoms with Gasteiger partial charge in [0, 0.05) is 25.3 Å². The van der Waals surface area contributed by atoms with Crippen molar-refractivity contribution in [1.82, 2.24) is 14.0 Å². The highest BCUT2D eigenvalue weighted by Crippen LogP contribution is 2.12. The fraction of sp³-hybridized carbons (Fsp3) is 0.105. The van der Waals surface area contributed by atoms with Crippen LogP contribution in [0.15, 0.2) is 65.7 Å². The van der Waals surface area contributed by atoms with Crippen LogP contribution in [0.5, 0.6) is 5.75 Å². The second-order valence-corrected chi connectivity index (χ2v) is 5.85. The molecule has 0 amide bonds. The number of hydrogen-bond acceptors (Lipinski definition) is 3. The number of fused-ring (bicyclic) bond motifs is 1. The summed E-state index contributed by atoms with van der Waals surface area (Å²) in [6, 6.07) is 14.0. The number of imidazole rings is 1. The summed E-state index contributed by atoms with van der Waals surface area (Å²) < 4.78 is 22.0. The molecule has 0 fully saturated rings. The number of nitrogens with zero attached hydrogens (tertiary/aromatic N) is 3. The Bertz CT molecular complexity index is 1140. The lowest BCUT2D eigenvalue weighted by molar-refractivity contribution is -0.386. The number of ether oxygens (including phenoxy) is 1. The Morgan fingerprint density at radius 3 is 2.73 bits per heavy atom. The third kappa shape index (κ3) is 2.95. The average molecular weight is 351 g/mol. The number of pyridine rings is 1. The van der Waals surface area contributed by atoms with E-state index in [4.69, 9.17) is 4.74 Å². The van der Waals surface area contributed by atoms with Gasteiger partial charge in [-0.25, -0.2) is 23.6 Å². The van der Waals surface area contributed by atoms with Gasteiger partial charge < -0.3 is 4.74 Å². The highest BCUT2D eigenvalue weighted by atomic mass is 19.1. The first-order valence-corrected chi connectivity index (χ1v) is 8.08. The fourth-order valence-corrected chi connectivity index (χ4v) is 2.67. The Balaban J connectivity index is 1.67. The number of benzene rings is 1. The predicted molar refractivity (Wildman–Crippen MR) is 92.8 cm³/mol. The molecule has 0 saturated carbocycles. The maximum Gasteiger partial charge on any atom is 0.426 e. The van der Waals surface area contributed by atoms with Crippen LogP contribution in [0.4, 0.5) is 4.39 Å². The SMILES string of the molecule is Cc1[nH+]c(-n2ccc3nc(COc4ccccc4)cn3c2=O)ccc1F. The Hall–Kier alpha value is -3.48. The second kappa shape index (κ2) is 6.44. The summed E-state index contributed by atoms with van der Waals surface area (Å²) in [4.78, 5) is 20.0. The van der Waals surface area contributed by atoms with Crippen LogP contribution in [-0.4, -0.2) is 14.0 Å². The molecule has 26 heavy (non-hydrogen) atoms. The van der Waals surface area contributed by atoms with Crippen LogP contribution in [0.2, 0.25) is 0 Å². The van der Waals surface area contributed by atoms with Crippen LogP contribution in [-0.2, 0) is 6.61 Å². The molecule has 7 heteroatoms. The minimum absolute atomic E-state index is 0.257. The number of aromatic nitrogens is 4. The first-order valence-electron chi connectivity index (χ1n) is 8.08. The van der Waals surface area contributed by atoms with E-state index in [2.05, 4.69) is 9.97 Å². The van der Waals surface area contributed by atoms with E-state index >= 15 is 0 Å². The molecule has 0 unspecified atom stereocenters. The normalized spacial score (nSPS) is 11.0. The maximum absolute atomic E-state index is 13.4. The van der Waals surface area contributed by atoms with Crippen LogP contribution in [0, 0.1) is 12.7 Å². The summed E-state index contributed by atoms with van der Waals surface area (Å²) in [5.74, 6) is 0.857. The number of H-pyrrole nitrogens is 1. The molecule has 0 saturated heterocycles. The molecule has 1 N–H and O–H groups in total. The molecule has 0 radical (unpaired) electrons. The summed E-state index contributed by atoms with van der Waals surface area (Å²) in [6.45, 7) is 1.87. The summed E-state index contributed by atoms with van der Waals surface area (Å²) in [5.41, 5.74) is 1.22. The highest BCUT2D eigenvalue weighted by molar-refractivity contribution is 5.39. The van der Waals surface area contributed by atoms with Gasteiger partial charge >= 0.3 is 5.69 Å². The van der Waals surface area contributed by atoms with Crippen molar-refractivity contribution in [2.45, 2.75) is 13.5 Å². The number of aromatic amines is 1. The van der Waals surface area contributed by atoms with Gasteiger partial charge in [0.1, 0.15) is 29.9 Å². The molecule has 0 aliphatic carbocycles. The smallest absolute Gasteiger partial charge is 0.426 e. The van der Waals surface area contributed by atoms with Crippen molar-refractivity contribution in [1.29, 1.82) is 0 Å². The molecule has 6 nitrogen and oxygen atoms in total. The Labute approximate surface area is 148 Å². The number of hydrogen-bond donors (Lipinski definition) is 0. The average Bonchev–Trinajstić information content (AvgIpc) is 3.08. The van der Waals surface area contributed by atoms with Crippen molar-refractivity contribution in [2.75, 3.05) is 0 Å². The molecule has 3 aromatic heterocycles. The molecule has 3 heterocycles. The van der Waals surface area contributed by atoms with E-state index in [1.54, 1.807) is 25.4 Å². The molecular formula is C19H16FN4O2+. The van der Waals surface area contributed by atoms with E-state index in [-0.39, 0.29) is 18.1 Å². The van der Waals surface area contributed by atoms with Gasteiger partial charge in [-0.05, 0) is 18.2 Å². The lowest BCUT2D eigenvalue weighted by Crippen LogP contribution is -2.30. The molecule has 0 atom stereocenters. The summed E-state index contributed by atoms with van der Waals surface area (Å²) in [5, 5.41) is 0. The largest absolute Gasteiger partial charge is 0.487 e. The molecule has 0 aliphatic rings. The third-order valence-electron chi connectivity index (χ3n) is 4.02. The van der Waals surface area contributed by atoms with E-state index in [9.17, 15) is 9.18 Å².